The molecule has 0 aliphatic rings. The maximum absolute atomic E-state index is 11.5. The van der Waals surface area contributed by atoms with Crippen molar-refractivity contribution in [2.75, 3.05) is 7.11 Å². The largest absolute Gasteiger partial charge is 0.464 e. The third-order valence-corrected chi connectivity index (χ3v) is 3.46. The summed E-state index contributed by atoms with van der Waals surface area (Å²) in [4.78, 5) is 15.5. The van der Waals surface area contributed by atoms with Gasteiger partial charge in [-0.05, 0) is 18.1 Å². The molecule has 0 N–H and O–H groups in total. The Kier molecular flexibility index (Phi) is 4.15. The highest BCUT2D eigenvalue weighted by molar-refractivity contribution is 9.10. The van der Waals surface area contributed by atoms with Crippen molar-refractivity contribution in [2.45, 2.75) is 13.0 Å². The molecule has 0 aliphatic carbocycles. The first kappa shape index (κ1) is 12.8. The summed E-state index contributed by atoms with van der Waals surface area (Å²) in [6, 6.07) is 8.03. The van der Waals surface area contributed by atoms with E-state index in [4.69, 9.17) is 4.74 Å². The molecule has 0 amide bonds. The second kappa shape index (κ2) is 5.82. The summed E-state index contributed by atoms with van der Waals surface area (Å²) >= 11 is 3.51. The molecule has 4 nitrogen and oxygen atoms in total. The molecule has 0 bridgehead atoms. The fourth-order valence-electron chi connectivity index (χ4n) is 1.72. The van der Waals surface area contributed by atoms with E-state index < -0.39 is 0 Å². The Labute approximate surface area is 114 Å². The van der Waals surface area contributed by atoms with Crippen molar-refractivity contribution in [1.29, 1.82) is 0 Å². The molecule has 0 atom stereocenters. The third-order valence-electron chi connectivity index (χ3n) is 2.69. The van der Waals surface area contributed by atoms with Crippen LogP contribution in [0.15, 0.2) is 41.3 Å². The van der Waals surface area contributed by atoms with E-state index >= 15 is 0 Å². The Morgan fingerprint density at radius 1 is 1.44 bits per heavy atom. The SMILES string of the molecule is COC(=O)c1cncn1CCc1ccccc1Br. The van der Waals surface area contributed by atoms with Crippen LogP contribution in [0.5, 0.6) is 0 Å². The molecule has 18 heavy (non-hydrogen) atoms. The van der Waals surface area contributed by atoms with E-state index in [2.05, 4.69) is 27.0 Å². The number of halogens is 1. The zero-order valence-electron chi connectivity index (χ0n) is 9.97. The average molecular weight is 309 g/mol. The predicted octanol–water partition coefficient (Wildman–Crippen LogP) is 2.67. The lowest BCUT2D eigenvalue weighted by Gasteiger charge is -2.07. The first-order valence-electron chi connectivity index (χ1n) is 5.54. The van der Waals surface area contributed by atoms with E-state index in [0.29, 0.717) is 12.2 Å². The summed E-state index contributed by atoms with van der Waals surface area (Å²) in [7, 11) is 1.37. The van der Waals surface area contributed by atoms with Gasteiger partial charge in [-0.15, -0.1) is 0 Å². The average Bonchev–Trinajstić information content (AvgIpc) is 2.85. The Morgan fingerprint density at radius 2 is 2.22 bits per heavy atom. The highest BCUT2D eigenvalue weighted by atomic mass is 79.9. The normalized spacial score (nSPS) is 10.3. The quantitative estimate of drug-likeness (QED) is 0.816. The molecule has 94 valence electrons. The molecule has 1 aromatic heterocycles. The van der Waals surface area contributed by atoms with Gasteiger partial charge in [0.05, 0.1) is 19.6 Å². The summed E-state index contributed by atoms with van der Waals surface area (Å²) < 4.78 is 7.57. The van der Waals surface area contributed by atoms with Crippen LogP contribution in [0.3, 0.4) is 0 Å². The second-order valence-corrected chi connectivity index (χ2v) is 4.66. The van der Waals surface area contributed by atoms with E-state index in [0.717, 1.165) is 10.9 Å². The number of methoxy groups -OCH3 is 1. The number of carbonyl (C=O) groups is 1. The number of aryl methyl sites for hydroxylation is 2. The summed E-state index contributed by atoms with van der Waals surface area (Å²) in [5.74, 6) is -0.361. The van der Waals surface area contributed by atoms with Gasteiger partial charge in [0.15, 0.2) is 0 Å². The summed E-state index contributed by atoms with van der Waals surface area (Å²) in [6.45, 7) is 0.688. The molecule has 0 spiro atoms. The molecule has 1 heterocycles. The van der Waals surface area contributed by atoms with Crippen LogP contribution in [-0.4, -0.2) is 22.6 Å². The molecular weight excluding hydrogens is 296 g/mol. The highest BCUT2D eigenvalue weighted by Crippen LogP contribution is 2.17. The van der Waals surface area contributed by atoms with Crippen LogP contribution in [0.1, 0.15) is 16.1 Å². The van der Waals surface area contributed by atoms with Crippen molar-refractivity contribution in [3.8, 4) is 0 Å². The molecule has 0 unspecified atom stereocenters. The number of rotatable bonds is 4. The van der Waals surface area contributed by atoms with Crippen molar-refractivity contribution >= 4 is 21.9 Å². The molecule has 0 saturated heterocycles. The van der Waals surface area contributed by atoms with Gasteiger partial charge in [0.1, 0.15) is 5.69 Å². The summed E-state index contributed by atoms with van der Waals surface area (Å²) in [5.41, 5.74) is 1.67. The molecule has 0 saturated carbocycles. The van der Waals surface area contributed by atoms with Crippen molar-refractivity contribution in [3.63, 3.8) is 0 Å². The second-order valence-electron chi connectivity index (χ2n) is 3.81. The van der Waals surface area contributed by atoms with Crippen molar-refractivity contribution in [1.82, 2.24) is 9.55 Å². The smallest absolute Gasteiger partial charge is 0.356 e. The van der Waals surface area contributed by atoms with E-state index in [1.165, 1.54) is 18.9 Å². The molecule has 1 aromatic carbocycles. The maximum atomic E-state index is 11.5. The van der Waals surface area contributed by atoms with Gasteiger partial charge in [-0.3, -0.25) is 0 Å². The summed E-state index contributed by atoms with van der Waals surface area (Å²) in [5, 5.41) is 0. The number of nitrogens with zero attached hydrogens (tertiary/aromatic N) is 2. The minimum absolute atomic E-state index is 0.361. The van der Waals surface area contributed by atoms with E-state index in [1.807, 2.05) is 18.2 Å². The standard InChI is InChI=1S/C13H13BrN2O2/c1-18-13(17)12-8-15-9-16(12)7-6-10-4-2-3-5-11(10)14/h2-5,8-9H,6-7H2,1H3. The van der Waals surface area contributed by atoms with Crippen LogP contribution in [-0.2, 0) is 17.7 Å². The van der Waals surface area contributed by atoms with Gasteiger partial charge in [0.25, 0.3) is 0 Å². The van der Waals surface area contributed by atoms with Crippen molar-refractivity contribution < 1.29 is 9.53 Å². The van der Waals surface area contributed by atoms with Gasteiger partial charge in [0, 0.05) is 11.0 Å². The molecule has 0 fully saturated rings. The Bertz CT molecular complexity index is 551. The molecule has 0 aliphatic heterocycles. The van der Waals surface area contributed by atoms with Crippen LogP contribution < -0.4 is 0 Å². The first-order valence-corrected chi connectivity index (χ1v) is 6.33. The lowest BCUT2D eigenvalue weighted by molar-refractivity contribution is 0.0588. The van der Waals surface area contributed by atoms with Gasteiger partial charge < -0.3 is 9.30 Å². The predicted molar refractivity (Wildman–Crippen MR) is 71.4 cm³/mol. The number of imidazole rings is 1. The number of carbonyl (C=O) groups excluding carboxylic acids is 1. The topological polar surface area (TPSA) is 44.1 Å². The van der Waals surface area contributed by atoms with E-state index in [-0.39, 0.29) is 5.97 Å². The Morgan fingerprint density at radius 3 is 2.94 bits per heavy atom. The number of aromatic nitrogens is 2. The van der Waals surface area contributed by atoms with E-state index in [1.54, 1.807) is 10.9 Å². The van der Waals surface area contributed by atoms with Crippen molar-refractivity contribution in [3.05, 3.63) is 52.5 Å². The minimum atomic E-state index is -0.361. The molecule has 2 aromatic rings. The van der Waals surface area contributed by atoms with Gasteiger partial charge in [-0.1, -0.05) is 34.1 Å². The fourth-order valence-corrected chi connectivity index (χ4v) is 2.20. The van der Waals surface area contributed by atoms with Gasteiger partial charge in [0.2, 0.25) is 0 Å². The Hall–Kier alpha value is -1.62. The lowest BCUT2D eigenvalue weighted by atomic mass is 10.1. The molecule has 0 radical (unpaired) electrons. The zero-order chi connectivity index (χ0) is 13.0. The Balaban J connectivity index is 2.09. The zero-order valence-corrected chi connectivity index (χ0v) is 11.6. The minimum Gasteiger partial charge on any atom is -0.464 e. The molecule has 2 rings (SSSR count). The van der Waals surface area contributed by atoms with Crippen LogP contribution in [0.2, 0.25) is 0 Å². The fraction of sp³-hybridized carbons (Fsp3) is 0.231. The molecule has 5 heteroatoms. The number of ether oxygens (including phenoxy) is 1. The van der Waals surface area contributed by atoms with Gasteiger partial charge in [-0.25, -0.2) is 9.78 Å². The highest BCUT2D eigenvalue weighted by Gasteiger charge is 2.11. The third kappa shape index (κ3) is 2.79. The monoisotopic (exact) mass is 308 g/mol. The number of hydrogen-bond acceptors (Lipinski definition) is 3. The van der Waals surface area contributed by atoms with Gasteiger partial charge in [-0.2, -0.15) is 0 Å². The number of benzene rings is 1. The van der Waals surface area contributed by atoms with Gasteiger partial charge >= 0.3 is 5.97 Å². The summed E-state index contributed by atoms with van der Waals surface area (Å²) in [6.07, 6.45) is 3.98. The van der Waals surface area contributed by atoms with Crippen molar-refractivity contribution in [2.24, 2.45) is 0 Å². The van der Waals surface area contributed by atoms with Crippen LogP contribution in [0, 0.1) is 0 Å². The molecular formula is C13H13BrN2O2. The number of esters is 1. The van der Waals surface area contributed by atoms with Crippen LogP contribution in [0.25, 0.3) is 0 Å². The van der Waals surface area contributed by atoms with E-state index in [9.17, 15) is 4.79 Å². The maximum Gasteiger partial charge on any atom is 0.356 e. The number of hydrogen-bond donors (Lipinski definition) is 0. The lowest BCUT2D eigenvalue weighted by Crippen LogP contribution is -2.11. The van der Waals surface area contributed by atoms with Crippen LogP contribution >= 0.6 is 15.9 Å². The first-order chi connectivity index (χ1) is 8.72. The van der Waals surface area contributed by atoms with Crippen LogP contribution in [0.4, 0.5) is 0 Å².